The van der Waals surface area contributed by atoms with Crippen LogP contribution in [-0.2, 0) is 6.54 Å². The Morgan fingerprint density at radius 1 is 1.24 bits per heavy atom. The van der Waals surface area contributed by atoms with Gasteiger partial charge in [-0.25, -0.2) is 0 Å². The Kier molecular flexibility index (Phi) is 4.04. The van der Waals surface area contributed by atoms with Gasteiger partial charge >= 0.3 is 0 Å². The van der Waals surface area contributed by atoms with E-state index in [4.69, 9.17) is 4.74 Å². The minimum Gasteiger partial charge on any atom is -0.497 e. The normalized spacial score (nSPS) is 20.0. The third-order valence-corrected chi connectivity index (χ3v) is 4.79. The van der Waals surface area contributed by atoms with Gasteiger partial charge in [0.15, 0.2) is 5.96 Å². The molecule has 114 valence electrons. The van der Waals surface area contributed by atoms with Gasteiger partial charge in [-0.2, -0.15) is 0 Å². The third kappa shape index (κ3) is 3.49. The highest BCUT2D eigenvalue weighted by Crippen LogP contribution is 2.60. The van der Waals surface area contributed by atoms with Crippen LogP contribution in [0.2, 0.25) is 0 Å². The van der Waals surface area contributed by atoms with E-state index in [-0.39, 0.29) is 0 Å². The van der Waals surface area contributed by atoms with E-state index in [9.17, 15) is 0 Å². The molecule has 2 N–H and O–H groups in total. The van der Waals surface area contributed by atoms with E-state index in [1.54, 1.807) is 7.11 Å². The summed E-state index contributed by atoms with van der Waals surface area (Å²) in [5.41, 5.74) is 1.82. The molecule has 0 unspecified atom stereocenters. The first-order valence-corrected chi connectivity index (χ1v) is 7.83. The Bertz CT molecular complexity index is 501. The van der Waals surface area contributed by atoms with Crippen molar-refractivity contribution in [2.45, 2.75) is 32.2 Å². The quantitative estimate of drug-likeness (QED) is 0.624. The fraction of sp³-hybridized carbons (Fsp3) is 0.588. The molecule has 0 spiro atoms. The van der Waals surface area contributed by atoms with Crippen molar-refractivity contribution < 1.29 is 4.74 Å². The predicted octanol–water partition coefficient (Wildman–Crippen LogP) is 2.55. The maximum Gasteiger partial charge on any atom is 0.191 e. The molecular formula is C17H25N3O. The van der Waals surface area contributed by atoms with Crippen molar-refractivity contribution in [3.63, 3.8) is 0 Å². The number of aliphatic imine (C=N–C) groups is 1. The van der Waals surface area contributed by atoms with Crippen LogP contribution in [0.5, 0.6) is 5.75 Å². The van der Waals surface area contributed by atoms with Gasteiger partial charge in [0.25, 0.3) is 0 Å². The second kappa shape index (κ2) is 5.96. The van der Waals surface area contributed by atoms with E-state index in [1.807, 2.05) is 19.2 Å². The van der Waals surface area contributed by atoms with Gasteiger partial charge in [0.05, 0.1) is 7.11 Å². The Morgan fingerprint density at radius 3 is 2.48 bits per heavy atom. The molecule has 2 aliphatic rings. The minimum absolute atomic E-state index is 0.595. The Balaban J connectivity index is 1.46. The van der Waals surface area contributed by atoms with Gasteiger partial charge in [-0.1, -0.05) is 12.1 Å². The molecule has 21 heavy (non-hydrogen) atoms. The largest absolute Gasteiger partial charge is 0.497 e. The third-order valence-electron chi connectivity index (χ3n) is 4.79. The summed E-state index contributed by atoms with van der Waals surface area (Å²) < 4.78 is 5.17. The van der Waals surface area contributed by atoms with Crippen LogP contribution in [0.1, 0.15) is 31.2 Å². The summed E-state index contributed by atoms with van der Waals surface area (Å²) in [6, 6.07) is 8.12. The molecule has 0 heterocycles. The number of nitrogens with one attached hydrogen (secondary N) is 2. The number of rotatable bonds is 6. The number of hydrogen-bond donors (Lipinski definition) is 2. The van der Waals surface area contributed by atoms with Crippen LogP contribution in [0, 0.1) is 11.3 Å². The standard InChI is InChI=1S/C17H25N3O/c1-18-16(20-12-17(9-10-17)14-5-6-14)19-11-13-3-7-15(21-2)8-4-13/h3-4,7-8,14H,5-6,9-12H2,1-2H3,(H2,18,19,20). The van der Waals surface area contributed by atoms with Gasteiger partial charge < -0.3 is 15.4 Å². The monoisotopic (exact) mass is 287 g/mol. The summed E-state index contributed by atoms with van der Waals surface area (Å²) in [7, 11) is 3.52. The van der Waals surface area contributed by atoms with Crippen molar-refractivity contribution in [3.8, 4) is 5.75 Å². The molecule has 1 aromatic carbocycles. The molecule has 0 amide bonds. The molecule has 0 saturated heterocycles. The van der Waals surface area contributed by atoms with Crippen LogP contribution >= 0.6 is 0 Å². The number of benzene rings is 1. The summed E-state index contributed by atoms with van der Waals surface area (Å²) in [6.45, 7) is 1.85. The fourth-order valence-electron chi connectivity index (χ4n) is 3.00. The maximum absolute atomic E-state index is 5.17. The second-order valence-corrected chi connectivity index (χ2v) is 6.26. The number of methoxy groups -OCH3 is 1. The van der Waals surface area contributed by atoms with Crippen LogP contribution in [0.3, 0.4) is 0 Å². The highest BCUT2D eigenvalue weighted by molar-refractivity contribution is 5.79. The van der Waals surface area contributed by atoms with Crippen molar-refractivity contribution in [1.82, 2.24) is 10.6 Å². The number of ether oxygens (including phenoxy) is 1. The van der Waals surface area contributed by atoms with Crippen LogP contribution in [0.4, 0.5) is 0 Å². The highest BCUT2D eigenvalue weighted by Gasteiger charge is 2.53. The summed E-state index contributed by atoms with van der Waals surface area (Å²) in [4.78, 5) is 4.32. The SMILES string of the molecule is CN=C(NCc1ccc(OC)cc1)NCC1(C2CC2)CC1. The van der Waals surface area contributed by atoms with Crippen LogP contribution < -0.4 is 15.4 Å². The molecule has 0 aliphatic heterocycles. The zero-order chi connectivity index (χ0) is 14.7. The molecule has 0 bridgehead atoms. The van der Waals surface area contributed by atoms with Gasteiger partial charge in [0, 0.05) is 20.1 Å². The van der Waals surface area contributed by atoms with E-state index >= 15 is 0 Å². The van der Waals surface area contributed by atoms with Crippen LogP contribution in [0.15, 0.2) is 29.3 Å². The van der Waals surface area contributed by atoms with E-state index in [1.165, 1.54) is 31.2 Å². The molecule has 4 nitrogen and oxygen atoms in total. The Labute approximate surface area is 127 Å². The second-order valence-electron chi connectivity index (χ2n) is 6.26. The topological polar surface area (TPSA) is 45.7 Å². The average Bonchev–Trinajstić information content (AvgIpc) is 3.40. The molecule has 0 radical (unpaired) electrons. The lowest BCUT2D eigenvalue weighted by Gasteiger charge is -2.18. The molecule has 2 fully saturated rings. The Morgan fingerprint density at radius 2 is 1.95 bits per heavy atom. The van der Waals surface area contributed by atoms with E-state index < -0.39 is 0 Å². The first-order chi connectivity index (χ1) is 10.3. The number of nitrogens with zero attached hydrogens (tertiary/aromatic N) is 1. The highest BCUT2D eigenvalue weighted by atomic mass is 16.5. The average molecular weight is 287 g/mol. The minimum atomic E-state index is 0.595. The van der Waals surface area contributed by atoms with E-state index in [0.717, 1.165) is 30.7 Å². The molecular weight excluding hydrogens is 262 g/mol. The summed E-state index contributed by atoms with van der Waals surface area (Å²) >= 11 is 0. The van der Waals surface area contributed by atoms with Gasteiger partial charge in [-0.15, -0.1) is 0 Å². The zero-order valence-electron chi connectivity index (χ0n) is 13.0. The molecule has 0 aromatic heterocycles. The van der Waals surface area contributed by atoms with Crippen molar-refractivity contribution >= 4 is 5.96 Å². The maximum atomic E-state index is 5.17. The summed E-state index contributed by atoms with van der Waals surface area (Å²) in [5.74, 6) is 2.77. The summed E-state index contributed by atoms with van der Waals surface area (Å²) in [5, 5.41) is 6.88. The van der Waals surface area contributed by atoms with Gasteiger partial charge in [-0.05, 0) is 54.7 Å². The molecule has 4 heteroatoms. The Hall–Kier alpha value is -1.71. The van der Waals surface area contributed by atoms with Gasteiger partial charge in [0.1, 0.15) is 5.75 Å². The number of guanidine groups is 1. The van der Waals surface area contributed by atoms with E-state index in [2.05, 4.69) is 27.8 Å². The van der Waals surface area contributed by atoms with E-state index in [0.29, 0.717) is 5.41 Å². The van der Waals surface area contributed by atoms with Crippen molar-refractivity contribution in [2.24, 2.45) is 16.3 Å². The lowest BCUT2D eigenvalue weighted by molar-refractivity contribution is 0.414. The molecule has 2 saturated carbocycles. The molecule has 2 aliphatic carbocycles. The lowest BCUT2D eigenvalue weighted by atomic mass is 10.0. The first kappa shape index (κ1) is 14.2. The van der Waals surface area contributed by atoms with Crippen LogP contribution in [-0.4, -0.2) is 26.7 Å². The van der Waals surface area contributed by atoms with Gasteiger partial charge in [0.2, 0.25) is 0 Å². The predicted molar refractivity (Wildman–Crippen MR) is 85.6 cm³/mol. The zero-order valence-corrected chi connectivity index (χ0v) is 13.0. The molecule has 1 aromatic rings. The molecule has 3 rings (SSSR count). The van der Waals surface area contributed by atoms with Gasteiger partial charge in [-0.3, -0.25) is 4.99 Å². The lowest BCUT2D eigenvalue weighted by Crippen LogP contribution is -2.40. The smallest absolute Gasteiger partial charge is 0.191 e. The van der Waals surface area contributed by atoms with Crippen LogP contribution in [0.25, 0.3) is 0 Å². The van der Waals surface area contributed by atoms with Crippen molar-refractivity contribution in [1.29, 1.82) is 0 Å². The first-order valence-electron chi connectivity index (χ1n) is 7.83. The fourth-order valence-corrected chi connectivity index (χ4v) is 3.00. The van der Waals surface area contributed by atoms with Crippen molar-refractivity contribution in [3.05, 3.63) is 29.8 Å². The molecule has 0 atom stereocenters. The summed E-state index contributed by atoms with van der Waals surface area (Å²) in [6.07, 6.45) is 5.64. The van der Waals surface area contributed by atoms with Crippen molar-refractivity contribution in [2.75, 3.05) is 20.7 Å². The number of hydrogen-bond acceptors (Lipinski definition) is 2.